The van der Waals surface area contributed by atoms with Gasteiger partial charge in [-0.1, -0.05) is 12.1 Å². The van der Waals surface area contributed by atoms with Gasteiger partial charge >= 0.3 is 6.03 Å². The van der Waals surface area contributed by atoms with E-state index in [0.717, 1.165) is 4.90 Å². The molecule has 2 unspecified atom stereocenters. The van der Waals surface area contributed by atoms with E-state index < -0.39 is 17.5 Å². The fraction of sp³-hybridized carbons (Fsp3) is 0.471. The van der Waals surface area contributed by atoms with Crippen LogP contribution in [0.3, 0.4) is 0 Å². The molecule has 0 spiro atoms. The molecular formula is C17H25ClN4O4. The summed E-state index contributed by atoms with van der Waals surface area (Å²) in [5.41, 5.74) is -0.583. The van der Waals surface area contributed by atoms with Crippen LogP contribution in [-0.2, 0) is 15.1 Å². The Morgan fingerprint density at radius 3 is 2.46 bits per heavy atom. The summed E-state index contributed by atoms with van der Waals surface area (Å²) in [5.74, 6) is -0.192. The Morgan fingerprint density at radius 1 is 1.31 bits per heavy atom. The molecule has 0 aromatic heterocycles. The van der Waals surface area contributed by atoms with Gasteiger partial charge in [0.25, 0.3) is 5.91 Å². The molecule has 9 heteroatoms. The van der Waals surface area contributed by atoms with Gasteiger partial charge in [0.2, 0.25) is 5.91 Å². The quantitative estimate of drug-likeness (QED) is 0.598. The Kier molecular flexibility index (Phi) is 7.41. The average molecular weight is 385 g/mol. The smallest absolute Gasteiger partial charge is 0.325 e. The van der Waals surface area contributed by atoms with Crippen LogP contribution in [0.25, 0.3) is 0 Å². The number of benzene rings is 1. The van der Waals surface area contributed by atoms with Crippen LogP contribution in [0.4, 0.5) is 4.79 Å². The standard InChI is InChI=1S/C17H24N4O4.ClH/c1-11(18-3)9-19-14(22)10-21-15(23)17(2,20-16(21)24)12-5-7-13(25-4)8-6-12;/h5-8,11,18H,9-10H2,1-4H3,(H,19,22)(H,20,24);1H. The number of nitrogens with one attached hydrogen (secondary N) is 3. The first-order valence-corrected chi connectivity index (χ1v) is 8.04. The number of carbonyl (C=O) groups is 3. The minimum Gasteiger partial charge on any atom is -0.497 e. The maximum atomic E-state index is 12.7. The van der Waals surface area contributed by atoms with Crippen molar-refractivity contribution < 1.29 is 19.1 Å². The molecule has 0 bridgehead atoms. The van der Waals surface area contributed by atoms with Gasteiger partial charge in [-0.2, -0.15) is 0 Å². The van der Waals surface area contributed by atoms with Gasteiger partial charge in [-0.3, -0.25) is 14.5 Å². The topological polar surface area (TPSA) is 99.8 Å². The maximum Gasteiger partial charge on any atom is 0.325 e. The zero-order valence-corrected chi connectivity index (χ0v) is 16.1. The summed E-state index contributed by atoms with van der Waals surface area (Å²) in [6.07, 6.45) is 0. The number of nitrogens with zero attached hydrogens (tertiary/aromatic N) is 1. The second kappa shape index (κ2) is 8.86. The number of halogens is 1. The molecule has 0 aliphatic carbocycles. The molecule has 1 saturated heterocycles. The largest absolute Gasteiger partial charge is 0.497 e. The number of methoxy groups -OCH3 is 1. The highest BCUT2D eigenvalue weighted by atomic mass is 35.5. The minimum atomic E-state index is -1.21. The Balaban J connectivity index is 0.00000338. The molecular weight excluding hydrogens is 360 g/mol. The van der Waals surface area contributed by atoms with Crippen LogP contribution < -0.4 is 20.7 Å². The summed E-state index contributed by atoms with van der Waals surface area (Å²) in [6, 6.07) is 6.38. The zero-order valence-electron chi connectivity index (χ0n) is 15.3. The highest BCUT2D eigenvalue weighted by molar-refractivity contribution is 6.09. The number of hydrogen-bond donors (Lipinski definition) is 3. The van der Waals surface area contributed by atoms with Gasteiger partial charge in [-0.25, -0.2) is 4.79 Å². The van der Waals surface area contributed by atoms with E-state index in [1.165, 1.54) is 0 Å². The van der Waals surface area contributed by atoms with Crippen molar-refractivity contribution in [3.63, 3.8) is 0 Å². The molecule has 3 N–H and O–H groups in total. The summed E-state index contributed by atoms with van der Waals surface area (Å²) < 4.78 is 5.10. The van der Waals surface area contributed by atoms with Gasteiger partial charge < -0.3 is 20.7 Å². The van der Waals surface area contributed by atoms with Crippen molar-refractivity contribution >= 4 is 30.3 Å². The first-order chi connectivity index (χ1) is 11.8. The summed E-state index contributed by atoms with van der Waals surface area (Å²) in [7, 11) is 3.34. The van der Waals surface area contributed by atoms with E-state index in [2.05, 4.69) is 16.0 Å². The summed E-state index contributed by atoms with van der Waals surface area (Å²) in [6.45, 7) is 3.63. The first kappa shape index (κ1) is 21.7. The van der Waals surface area contributed by atoms with Gasteiger partial charge in [-0.05, 0) is 38.6 Å². The second-order valence-electron chi connectivity index (χ2n) is 6.17. The summed E-state index contributed by atoms with van der Waals surface area (Å²) >= 11 is 0. The number of ether oxygens (including phenoxy) is 1. The lowest BCUT2D eigenvalue weighted by molar-refractivity contribution is -0.134. The fourth-order valence-electron chi connectivity index (χ4n) is 2.53. The average Bonchev–Trinajstić information content (AvgIpc) is 2.83. The van der Waals surface area contributed by atoms with Crippen LogP contribution in [0.5, 0.6) is 5.75 Å². The number of likely N-dealkylation sites (N-methyl/N-ethyl adjacent to an activating group) is 1. The lowest BCUT2D eigenvalue weighted by Crippen LogP contribution is -2.45. The van der Waals surface area contributed by atoms with E-state index >= 15 is 0 Å². The summed E-state index contributed by atoms with van der Waals surface area (Å²) in [4.78, 5) is 37.9. The molecule has 2 atom stereocenters. The van der Waals surface area contributed by atoms with E-state index in [4.69, 9.17) is 4.74 Å². The van der Waals surface area contributed by atoms with Crippen molar-refractivity contribution in [1.82, 2.24) is 20.9 Å². The van der Waals surface area contributed by atoms with Crippen molar-refractivity contribution in [3.05, 3.63) is 29.8 Å². The Morgan fingerprint density at radius 2 is 1.92 bits per heavy atom. The number of imide groups is 1. The van der Waals surface area contributed by atoms with Gasteiger partial charge in [-0.15, -0.1) is 12.4 Å². The van der Waals surface area contributed by atoms with Crippen molar-refractivity contribution in [2.24, 2.45) is 0 Å². The SMILES string of the molecule is CNC(C)CNC(=O)CN1C(=O)NC(C)(c2ccc(OC)cc2)C1=O.Cl. The number of amides is 4. The van der Waals surface area contributed by atoms with Gasteiger partial charge in [0.05, 0.1) is 7.11 Å². The van der Waals surface area contributed by atoms with E-state index in [1.807, 2.05) is 6.92 Å². The highest BCUT2D eigenvalue weighted by Crippen LogP contribution is 2.29. The molecule has 0 radical (unpaired) electrons. The highest BCUT2D eigenvalue weighted by Gasteiger charge is 2.49. The molecule has 1 aromatic rings. The Bertz CT molecular complexity index is 667. The second-order valence-corrected chi connectivity index (χ2v) is 6.17. The predicted molar refractivity (Wildman–Crippen MR) is 99.4 cm³/mol. The lowest BCUT2D eigenvalue weighted by Gasteiger charge is -2.22. The molecule has 1 heterocycles. The van der Waals surface area contributed by atoms with Crippen LogP contribution in [-0.4, -0.2) is 56.0 Å². The van der Waals surface area contributed by atoms with Crippen LogP contribution in [0.2, 0.25) is 0 Å². The molecule has 26 heavy (non-hydrogen) atoms. The molecule has 4 amide bonds. The third-order valence-corrected chi connectivity index (χ3v) is 4.34. The monoisotopic (exact) mass is 384 g/mol. The molecule has 2 rings (SSSR count). The van der Waals surface area contributed by atoms with Crippen molar-refractivity contribution in [3.8, 4) is 5.75 Å². The molecule has 1 aliphatic rings. The van der Waals surface area contributed by atoms with E-state index in [1.54, 1.807) is 45.3 Å². The Labute approximate surface area is 159 Å². The Hall–Kier alpha value is -2.32. The van der Waals surface area contributed by atoms with Crippen molar-refractivity contribution in [2.45, 2.75) is 25.4 Å². The van der Waals surface area contributed by atoms with Crippen LogP contribution in [0.1, 0.15) is 19.4 Å². The van der Waals surface area contributed by atoms with Crippen LogP contribution in [0, 0.1) is 0 Å². The molecule has 1 aromatic carbocycles. The van der Waals surface area contributed by atoms with Crippen molar-refractivity contribution in [1.29, 1.82) is 0 Å². The zero-order chi connectivity index (χ0) is 18.6. The molecule has 8 nitrogen and oxygen atoms in total. The maximum absolute atomic E-state index is 12.7. The molecule has 1 fully saturated rings. The third kappa shape index (κ3) is 4.44. The number of hydrogen-bond acceptors (Lipinski definition) is 5. The predicted octanol–water partition coefficient (Wildman–Crippen LogP) is 0.608. The lowest BCUT2D eigenvalue weighted by atomic mass is 9.92. The van der Waals surface area contributed by atoms with Crippen LogP contribution >= 0.6 is 12.4 Å². The van der Waals surface area contributed by atoms with E-state index in [0.29, 0.717) is 17.9 Å². The number of urea groups is 1. The van der Waals surface area contributed by atoms with Gasteiger partial charge in [0, 0.05) is 12.6 Å². The third-order valence-electron chi connectivity index (χ3n) is 4.34. The van der Waals surface area contributed by atoms with Gasteiger partial charge in [0.15, 0.2) is 0 Å². The van der Waals surface area contributed by atoms with Crippen molar-refractivity contribution in [2.75, 3.05) is 27.2 Å². The summed E-state index contributed by atoms with van der Waals surface area (Å²) in [5, 5.41) is 8.35. The van der Waals surface area contributed by atoms with Gasteiger partial charge in [0.1, 0.15) is 17.8 Å². The molecule has 1 aliphatic heterocycles. The molecule has 144 valence electrons. The first-order valence-electron chi connectivity index (χ1n) is 8.04. The normalized spacial score (nSPS) is 20.2. The van der Waals surface area contributed by atoms with Crippen LogP contribution in [0.15, 0.2) is 24.3 Å². The fourth-order valence-corrected chi connectivity index (χ4v) is 2.53. The molecule has 0 saturated carbocycles. The minimum absolute atomic E-state index is 0. The van der Waals surface area contributed by atoms with E-state index in [-0.39, 0.29) is 30.9 Å². The number of rotatable bonds is 7. The van der Waals surface area contributed by atoms with E-state index in [9.17, 15) is 14.4 Å². The number of carbonyl (C=O) groups excluding carboxylic acids is 3.